The number of rotatable bonds is 4. The summed E-state index contributed by atoms with van der Waals surface area (Å²) in [6.07, 6.45) is 1.30. The van der Waals surface area contributed by atoms with Crippen LogP contribution in [0.4, 0.5) is 0 Å². The van der Waals surface area contributed by atoms with Crippen molar-refractivity contribution in [2.45, 2.75) is 53.5 Å². The van der Waals surface area contributed by atoms with Crippen molar-refractivity contribution in [3.05, 3.63) is 0 Å². The molecule has 0 aromatic heterocycles. The topological polar surface area (TPSA) is 78.5 Å². The molecular formula is C16H29N3O3. The number of likely N-dealkylation sites (N-methyl/N-ethyl adjacent to an activating group) is 1. The number of amides is 3. The SMILES string of the molecule is CCNC(=O)C(C)NC(=O)C1CCN(C(=O)C(C)(C)C)CC1. The van der Waals surface area contributed by atoms with E-state index < -0.39 is 6.04 Å². The number of nitrogens with one attached hydrogen (secondary N) is 2. The number of nitrogens with zero attached hydrogens (tertiary/aromatic N) is 1. The van der Waals surface area contributed by atoms with Crippen LogP contribution in [0.1, 0.15) is 47.5 Å². The Kier molecular flexibility index (Phi) is 6.38. The van der Waals surface area contributed by atoms with Gasteiger partial charge in [-0.3, -0.25) is 14.4 Å². The van der Waals surface area contributed by atoms with E-state index in [4.69, 9.17) is 0 Å². The highest BCUT2D eigenvalue weighted by atomic mass is 16.2. The van der Waals surface area contributed by atoms with E-state index in [0.29, 0.717) is 32.5 Å². The molecule has 1 aliphatic rings. The fourth-order valence-electron chi connectivity index (χ4n) is 2.54. The molecule has 0 bridgehead atoms. The lowest BCUT2D eigenvalue weighted by atomic mass is 9.90. The number of likely N-dealkylation sites (tertiary alicyclic amines) is 1. The standard InChI is InChI=1S/C16H29N3O3/c1-6-17-13(20)11(2)18-14(21)12-7-9-19(10-8-12)15(22)16(3,4)5/h11-12H,6-10H2,1-5H3,(H,17,20)(H,18,21). The summed E-state index contributed by atoms with van der Waals surface area (Å²) in [5.74, 6) is -0.263. The molecule has 6 nitrogen and oxygen atoms in total. The quantitative estimate of drug-likeness (QED) is 0.810. The molecule has 2 N–H and O–H groups in total. The van der Waals surface area contributed by atoms with Gasteiger partial charge < -0.3 is 15.5 Å². The maximum Gasteiger partial charge on any atom is 0.242 e. The fraction of sp³-hybridized carbons (Fsp3) is 0.812. The predicted molar refractivity (Wildman–Crippen MR) is 85.0 cm³/mol. The molecular weight excluding hydrogens is 282 g/mol. The van der Waals surface area contributed by atoms with Crippen molar-refractivity contribution >= 4 is 17.7 Å². The lowest BCUT2D eigenvalue weighted by molar-refractivity contribution is -0.142. The number of carbonyl (C=O) groups excluding carboxylic acids is 3. The summed E-state index contributed by atoms with van der Waals surface area (Å²) in [5, 5.41) is 5.44. The van der Waals surface area contributed by atoms with Crippen molar-refractivity contribution in [2.24, 2.45) is 11.3 Å². The van der Waals surface area contributed by atoms with E-state index in [1.165, 1.54) is 0 Å². The minimum Gasteiger partial charge on any atom is -0.355 e. The first kappa shape index (κ1) is 18.5. The van der Waals surface area contributed by atoms with E-state index in [-0.39, 0.29) is 29.1 Å². The minimum atomic E-state index is -0.526. The molecule has 0 spiro atoms. The van der Waals surface area contributed by atoms with Crippen molar-refractivity contribution < 1.29 is 14.4 Å². The highest BCUT2D eigenvalue weighted by Crippen LogP contribution is 2.23. The highest BCUT2D eigenvalue weighted by molar-refractivity contribution is 5.88. The lowest BCUT2D eigenvalue weighted by Gasteiger charge is -2.35. The zero-order chi connectivity index (χ0) is 16.9. The van der Waals surface area contributed by atoms with Crippen LogP contribution >= 0.6 is 0 Å². The van der Waals surface area contributed by atoms with E-state index in [9.17, 15) is 14.4 Å². The van der Waals surface area contributed by atoms with Crippen molar-refractivity contribution in [1.82, 2.24) is 15.5 Å². The van der Waals surface area contributed by atoms with Gasteiger partial charge in [0, 0.05) is 31.0 Å². The van der Waals surface area contributed by atoms with Gasteiger partial charge in [0.05, 0.1) is 0 Å². The first-order valence-corrected chi connectivity index (χ1v) is 8.04. The fourth-order valence-corrected chi connectivity index (χ4v) is 2.54. The summed E-state index contributed by atoms with van der Waals surface area (Å²) < 4.78 is 0. The van der Waals surface area contributed by atoms with E-state index in [1.807, 2.05) is 32.6 Å². The molecule has 3 amide bonds. The average molecular weight is 311 g/mol. The summed E-state index contributed by atoms with van der Waals surface area (Å²) in [6, 6.07) is -0.526. The molecule has 0 aromatic rings. The molecule has 126 valence electrons. The summed E-state index contributed by atoms with van der Waals surface area (Å²) in [6.45, 7) is 11.0. The van der Waals surface area contributed by atoms with Gasteiger partial charge in [-0.25, -0.2) is 0 Å². The van der Waals surface area contributed by atoms with Crippen LogP contribution in [-0.4, -0.2) is 48.3 Å². The summed E-state index contributed by atoms with van der Waals surface area (Å²) in [7, 11) is 0. The lowest BCUT2D eigenvalue weighted by Crippen LogP contribution is -2.50. The Hall–Kier alpha value is -1.59. The van der Waals surface area contributed by atoms with Crippen LogP contribution in [0.3, 0.4) is 0 Å². The average Bonchev–Trinajstić information content (AvgIpc) is 2.45. The summed E-state index contributed by atoms with van der Waals surface area (Å²) in [5.41, 5.74) is -0.387. The van der Waals surface area contributed by atoms with Crippen LogP contribution in [-0.2, 0) is 14.4 Å². The maximum absolute atomic E-state index is 12.2. The van der Waals surface area contributed by atoms with Crippen molar-refractivity contribution in [1.29, 1.82) is 0 Å². The summed E-state index contributed by atoms with van der Waals surface area (Å²) >= 11 is 0. The smallest absolute Gasteiger partial charge is 0.242 e. The third kappa shape index (κ3) is 5.00. The molecule has 1 fully saturated rings. The van der Waals surface area contributed by atoms with Crippen LogP contribution in [0.15, 0.2) is 0 Å². The molecule has 1 rings (SSSR count). The second kappa shape index (κ2) is 7.61. The van der Waals surface area contributed by atoms with Crippen LogP contribution in [0, 0.1) is 11.3 Å². The normalized spacial score (nSPS) is 17.8. The largest absolute Gasteiger partial charge is 0.355 e. The highest BCUT2D eigenvalue weighted by Gasteiger charge is 2.32. The Bertz CT molecular complexity index is 421. The molecule has 0 radical (unpaired) electrons. The third-order valence-electron chi connectivity index (χ3n) is 3.90. The molecule has 0 aliphatic carbocycles. The first-order valence-electron chi connectivity index (χ1n) is 8.04. The minimum absolute atomic E-state index is 0.0957. The number of hydrogen-bond acceptors (Lipinski definition) is 3. The van der Waals surface area contributed by atoms with E-state index >= 15 is 0 Å². The molecule has 1 heterocycles. The monoisotopic (exact) mass is 311 g/mol. The molecule has 22 heavy (non-hydrogen) atoms. The van der Waals surface area contributed by atoms with E-state index in [2.05, 4.69) is 10.6 Å². The number of carbonyl (C=O) groups is 3. The second-order valence-corrected chi connectivity index (χ2v) is 6.94. The van der Waals surface area contributed by atoms with Gasteiger partial charge in [-0.15, -0.1) is 0 Å². The first-order chi connectivity index (χ1) is 10.2. The van der Waals surface area contributed by atoms with Crippen molar-refractivity contribution in [3.8, 4) is 0 Å². The molecule has 0 saturated carbocycles. The van der Waals surface area contributed by atoms with E-state index in [0.717, 1.165) is 0 Å². The Morgan fingerprint density at radius 2 is 1.73 bits per heavy atom. The van der Waals surface area contributed by atoms with Crippen molar-refractivity contribution in [3.63, 3.8) is 0 Å². The van der Waals surface area contributed by atoms with Crippen LogP contribution in [0.2, 0.25) is 0 Å². The zero-order valence-electron chi connectivity index (χ0n) is 14.4. The molecule has 6 heteroatoms. The van der Waals surface area contributed by atoms with Crippen molar-refractivity contribution in [2.75, 3.05) is 19.6 Å². The Labute approximate surface area is 133 Å². The van der Waals surface area contributed by atoms with Gasteiger partial charge in [0.15, 0.2) is 0 Å². The van der Waals surface area contributed by atoms with Gasteiger partial charge >= 0.3 is 0 Å². The molecule has 0 aromatic carbocycles. The van der Waals surface area contributed by atoms with Gasteiger partial charge in [0.25, 0.3) is 0 Å². The van der Waals surface area contributed by atoms with Gasteiger partial charge in [0.2, 0.25) is 17.7 Å². The molecule has 1 aliphatic heterocycles. The second-order valence-electron chi connectivity index (χ2n) is 6.94. The Morgan fingerprint density at radius 3 is 2.18 bits per heavy atom. The third-order valence-corrected chi connectivity index (χ3v) is 3.90. The van der Waals surface area contributed by atoms with Crippen LogP contribution in [0.25, 0.3) is 0 Å². The van der Waals surface area contributed by atoms with Gasteiger partial charge in [-0.2, -0.15) is 0 Å². The Morgan fingerprint density at radius 1 is 1.18 bits per heavy atom. The summed E-state index contributed by atoms with van der Waals surface area (Å²) in [4.78, 5) is 37.9. The number of piperidine rings is 1. The van der Waals surface area contributed by atoms with E-state index in [1.54, 1.807) is 6.92 Å². The van der Waals surface area contributed by atoms with Gasteiger partial charge in [0.1, 0.15) is 6.04 Å². The molecule has 1 atom stereocenters. The van der Waals surface area contributed by atoms with Crippen LogP contribution in [0.5, 0.6) is 0 Å². The molecule has 1 saturated heterocycles. The predicted octanol–water partition coefficient (Wildman–Crippen LogP) is 0.912. The van der Waals surface area contributed by atoms with Crippen LogP contribution < -0.4 is 10.6 Å². The molecule has 1 unspecified atom stereocenters. The maximum atomic E-state index is 12.2. The van der Waals surface area contributed by atoms with Gasteiger partial charge in [-0.1, -0.05) is 20.8 Å². The Balaban J connectivity index is 2.46. The van der Waals surface area contributed by atoms with Gasteiger partial charge in [-0.05, 0) is 26.7 Å². The zero-order valence-corrected chi connectivity index (χ0v) is 14.4. The number of hydrogen-bond donors (Lipinski definition) is 2.